The molecular formula is C24H28N2O3. The van der Waals surface area contributed by atoms with Crippen molar-refractivity contribution >= 4 is 17.7 Å². The lowest BCUT2D eigenvalue weighted by Gasteiger charge is -2.20. The standard InChI is InChI=1S/C24H28N2O3/c1-29-23(27)21(14-13-16-7-3-2-4-8-16)25-24(28)26-22-19-11-5-9-17(19)15-18-10-6-12-20(18)22/h2-4,7-8,15,21H,5-6,9-14H2,1H3,(H2,25,26,28). The minimum Gasteiger partial charge on any atom is -0.467 e. The first kappa shape index (κ1) is 19.5. The minimum absolute atomic E-state index is 0.331. The van der Waals surface area contributed by atoms with Gasteiger partial charge < -0.3 is 15.4 Å². The number of esters is 1. The molecule has 0 saturated carbocycles. The Morgan fingerprint density at radius 2 is 1.66 bits per heavy atom. The molecule has 0 radical (unpaired) electrons. The number of urea groups is 1. The van der Waals surface area contributed by atoms with Crippen LogP contribution in [0.3, 0.4) is 0 Å². The maximum absolute atomic E-state index is 12.8. The molecule has 2 aliphatic rings. The van der Waals surface area contributed by atoms with Crippen molar-refractivity contribution in [1.82, 2.24) is 5.32 Å². The number of methoxy groups -OCH3 is 1. The normalized spacial score (nSPS) is 15.3. The topological polar surface area (TPSA) is 67.4 Å². The van der Waals surface area contributed by atoms with Crippen LogP contribution in [-0.4, -0.2) is 25.2 Å². The summed E-state index contributed by atoms with van der Waals surface area (Å²) < 4.78 is 4.92. The van der Waals surface area contributed by atoms with E-state index >= 15 is 0 Å². The van der Waals surface area contributed by atoms with Crippen LogP contribution in [0.1, 0.15) is 47.1 Å². The van der Waals surface area contributed by atoms with Crippen LogP contribution in [0.25, 0.3) is 0 Å². The molecule has 1 unspecified atom stereocenters. The molecule has 2 aliphatic carbocycles. The Morgan fingerprint density at radius 1 is 1.00 bits per heavy atom. The Kier molecular flexibility index (Phi) is 5.84. The number of benzene rings is 2. The molecule has 0 heterocycles. The third-order valence-electron chi connectivity index (χ3n) is 6.07. The first-order valence-electron chi connectivity index (χ1n) is 10.5. The van der Waals surface area contributed by atoms with Crippen molar-refractivity contribution in [2.45, 2.75) is 57.4 Å². The van der Waals surface area contributed by atoms with Crippen LogP contribution in [0.4, 0.5) is 10.5 Å². The van der Waals surface area contributed by atoms with E-state index in [2.05, 4.69) is 16.7 Å². The highest BCUT2D eigenvalue weighted by molar-refractivity contribution is 5.94. The lowest BCUT2D eigenvalue weighted by atomic mass is 9.99. The lowest BCUT2D eigenvalue weighted by Crippen LogP contribution is -2.44. The summed E-state index contributed by atoms with van der Waals surface area (Å²) in [6.07, 6.45) is 7.64. The smallest absolute Gasteiger partial charge is 0.328 e. The van der Waals surface area contributed by atoms with Crippen LogP contribution >= 0.6 is 0 Å². The Morgan fingerprint density at radius 3 is 2.28 bits per heavy atom. The van der Waals surface area contributed by atoms with Crippen molar-refractivity contribution in [3.63, 3.8) is 0 Å². The van der Waals surface area contributed by atoms with Gasteiger partial charge in [0.1, 0.15) is 6.04 Å². The highest BCUT2D eigenvalue weighted by Crippen LogP contribution is 2.38. The predicted octanol–water partition coefficient (Wildman–Crippen LogP) is 3.96. The van der Waals surface area contributed by atoms with Crippen LogP contribution < -0.4 is 10.6 Å². The fourth-order valence-corrected chi connectivity index (χ4v) is 4.62. The van der Waals surface area contributed by atoms with Crippen molar-refractivity contribution in [2.24, 2.45) is 0 Å². The second-order valence-electron chi connectivity index (χ2n) is 7.93. The molecule has 2 aromatic carbocycles. The van der Waals surface area contributed by atoms with Crippen molar-refractivity contribution in [1.29, 1.82) is 0 Å². The number of anilines is 1. The maximum atomic E-state index is 12.8. The van der Waals surface area contributed by atoms with Crippen molar-refractivity contribution in [3.05, 3.63) is 64.2 Å². The molecule has 0 saturated heterocycles. The fraction of sp³-hybridized carbons (Fsp3) is 0.417. The summed E-state index contributed by atoms with van der Waals surface area (Å²) in [5, 5.41) is 5.94. The van der Waals surface area contributed by atoms with Gasteiger partial charge in [0, 0.05) is 5.69 Å². The molecule has 152 valence electrons. The zero-order valence-electron chi connectivity index (χ0n) is 16.9. The number of carbonyl (C=O) groups excluding carboxylic acids is 2. The van der Waals surface area contributed by atoms with Gasteiger partial charge in [-0.2, -0.15) is 0 Å². The van der Waals surface area contributed by atoms with Crippen LogP contribution in [0, 0.1) is 0 Å². The number of hydrogen-bond donors (Lipinski definition) is 2. The summed E-state index contributed by atoms with van der Waals surface area (Å²) in [5.41, 5.74) is 7.41. The zero-order chi connectivity index (χ0) is 20.2. The number of nitrogens with one attached hydrogen (secondary N) is 2. The lowest BCUT2D eigenvalue weighted by molar-refractivity contribution is -0.142. The molecule has 4 rings (SSSR count). The van der Waals surface area contributed by atoms with Gasteiger partial charge in [-0.3, -0.25) is 0 Å². The highest BCUT2D eigenvalue weighted by Gasteiger charge is 2.26. The van der Waals surface area contributed by atoms with E-state index in [1.54, 1.807) is 0 Å². The van der Waals surface area contributed by atoms with Gasteiger partial charge in [0.2, 0.25) is 0 Å². The molecule has 0 fully saturated rings. The largest absolute Gasteiger partial charge is 0.467 e. The first-order chi connectivity index (χ1) is 14.2. The van der Waals surface area contributed by atoms with E-state index in [9.17, 15) is 9.59 Å². The molecule has 0 aromatic heterocycles. The maximum Gasteiger partial charge on any atom is 0.328 e. The van der Waals surface area contributed by atoms with Gasteiger partial charge in [0.25, 0.3) is 0 Å². The van der Waals surface area contributed by atoms with Gasteiger partial charge in [-0.1, -0.05) is 36.4 Å². The molecule has 1 atom stereocenters. The van der Waals surface area contributed by atoms with E-state index in [0.29, 0.717) is 12.8 Å². The van der Waals surface area contributed by atoms with Crippen LogP contribution in [0.5, 0.6) is 0 Å². The van der Waals surface area contributed by atoms with Gasteiger partial charge in [-0.15, -0.1) is 0 Å². The molecule has 5 heteroatoms. The van der Waals surface area contributed by atoms with E-state index in [1.807, 2.05) is 30.3 Å². The number of rotatable bonds is 6. The Labute approximate surface area is 171 Å². The molecule has 0 aliphatic heterocycles. The summed E-state index contributed by atoms with van der Waals surface area (Å²) in [7, 11) is 1.36. The Bertz CT molecular complexity index is 876. The van der Waals surface area contributed by atoms with Gasteiger partial charge in [0.05, 0.1) is 7.11 Å². The molecule has 5 nitrogen and oxygen atoms in total. The SMILES string of the molecule is COC(=O)C(CCc1ccccc1)NC(=O)Nc1c2c(cc3c1CCC3)CCC2. The molecule has 2 amide bonds. The number of aryl methyl sites for hydroxylation is 3. The van der Waals surface area contributed by atoms with E-state index in [-0.39, 0.29) is 6.03 Å². The first-order valence-corrected chi connectivity index (χ1v) is 10.5. The van der Waals surface area contributed by atoms with Gasteiger partial charge >= 0.3 is 12.0 Å². The van der Waals surface area contributed by atoms with Gasteiger partial charge in [0.15, 0.2) is 0 Å². The average Bonchev–Trinajstić information content (AvgIpc) is 3.40. The summed E-state index contributed by atoms with van der Waals surface area (Å²) >= 11 is 0. The molecule has 2 N–H and O–H groups in total. The quantitative estimate of drug-likeness (QED) is 0.731. The van der Waals surface area contributed by atoms with E-state index in [1.165, 1.54) is 29.4 Å². The van der Waals surface area contributed by atoms with Crippen LogP contribution in [0.2, 0.25) is 0 Å². The molecular weight excluding hydrogens is 364 g/mol. The second kappa shape index (κ2) is 8.68. The fourth-order valence-electron chi connectivity index (χ4n) is 4.62. The zero-order valence-corrected chi connectivity index (χ0v) is 16.9. The molecule has 2 aromatic rings. The van der Waals surface area contributed by atoms with Crippen molar-refractivity contribution < 1.29 is 14.3 Å². The van der Waals surface area contributed by atoms with Crippen molar-refractivity contribution in [2.75, 3.05) is 12.4 Å². The Hall–Kier alpha value is -2.82. The summed E-state index contributed by atoms with van der Waals surface area (Å²) in [4.78, 5) is 25.1. The predicted molar refractivity (Wildman–Crippen MR) is 113 cm³/mol. The van der Waals surface area contributed by atoms with E-state index < -0.39 is 12.0 Å². The Balaban J connectivity index is 1.47. The molecule has 0 spiro atoms. The second-order valence-corrected chi connectivity index (χ2v) is 7.93. The van der Waals surface area contributed by atoms with Gasteiger partial charge in [-0.25, -0.2) is 9.59 Å². The van der Waals surface area contributed by atoms with Crippen molar-refractivity contribution in [3.8, 4) is 0 Å². The number of ether oxygens (including phenoxy) is 1. The third kappa shape index (κ3) is 4.29. The van der Waals surface area contributed by atoms with E-state index in [4.69, 9.17) is 4.74 Å². The van der Waals surface area contributed by atoms with Crippen LogP contribution in [0.15, 0.2) is 36.4 Å². The summed E-state index contributed by atoms with van der Waals surface area (Å²) in [5.74, 6) is -0.417. The number of hydrogen-bond acceptors (Lipinski definition) is 3. The average molecular weight is 392 g/mol. The van der Waals surface area contributed by atoms with E-state index in [0.717, 1.165) is 49.8 Å². The molecule has 0 bridgehead atoms. The summed E-state index contributed by atoms with van der Waals surface area (Å²) in [6.45, 7) is 0. The summed E-state index contributed by atoms with van der Waals surface area (Å²) in [6, 6.07) is 11.3. The molecule has 29 heavy (non-hydrogen) atoms. The minimum atomic E-state index is -0.676. The number of carbonyl (C=O) groups is 2. The number of fused-ring (bicyclic) bond motifs is 2. The third-order valence-corrected chi connectivity index (χ3v) is 6.07. The van der Waals surface area contributed by atoms with Gasteiger partial charge in [-0.05, 0) is 79.2 Å². The highest BCUT2D eigenvalue weighted by atomic mass is 16.5. The monoisotopic (exact) mass is 392 g/mol. The van der Waals surface area contributed by atoms with Crippen LogP contribution in [-0.2, 0) is 41.6 Å². The number of amides is 2.